The Hall–Kier alpha value is -0.830. The summed E-state index contributed by atoms with van der Waals surface area (Å²) in [6.45, 7) is 5.61. The van der Waals surface area contributed by atoms with Crippen LogP contribution in [0.1, 0.15) is 37.9 Å². The van der Waals surface area contributed by atoms with Crippen LogP contribution in [0.2, 0.25) is 0 Å². The molecule has 0 radical (unpaired) electrons. The normalized spacial score (nSPS) is 19.0. The molecule has 6 nitrogen and oxygen atoms in total. The Morgan fingerprint density at radius 2 is 2.32 bits per heavy atom. The summed E-state index contributed by atoms with van der Waals surface area (Å²) in [5, 5.41) is 7.67. The lowest BCUT2D eigenvalue weighted by molar-refractivity contribution is -0.00802. The Kier molecular flexibility index (Phi) is 8.77. The molecule has 1 aliphatic heterocycles. The molecular formula is C15H28IN5O. The van der Waals surface area contributed by atoms with Crippen molar-refractivity contribution in [2.45, 2.75) is 32.3 Å². The second kappa shape index (κ2) is 10.0. The van der Waals surface area contributed by atoms with Gasteiger partial charge in [-0.15, -0.1) is 24.0 Å². The smallest absolute Gasteiger partial charge is 0.193 e. The molecule has 1 unspecified atom stereocenters. The van der Waals surface area contributed by atoms with Crippen LogP contribution in [0.4, 0.5) is 0 Å². The van der Waals surface area contributed by atoms with Gasteiger partial charge in [-0.1, -0.05) is 19.8 Å². The number of rotatable bonds is 5. The van der Waals surface area contributed by atoms with E-state index in [1.807, 2.05) is 31.2 Å². The third-order valence-corrected chi connectivity index (χ3v) is 3.74. The maximum absolute atomic E-state index is 5.87. The number of nitrogens with zero attached hydrogens (tertiary/aromatic N) is 4. The van der Waals surface area contributed by atoms with Gasteiger partial charge in [-0.25, -0.2) is 0 Å². The van der Waals surface area contributed by atoms with Gasteiger partial charge in [0.25, 0.3) is 0 Å². The first-order valence-corrected chi connectivity index (χ1v) is 7.80. The number of morpholine rings is 1. The van der Waals surface area contributed by atoms with Crippen molar-refractivity contribution >= 4 is 29.9 Å². The predicted octanol–water partition coefficient (Wildman–Crippen LogP) is 2.18. The van der Waals surface area contributed by atoms with E-state index in [0.717, 1.165) is 37.8 Å². The van der Waals surface area contributed by atoms with Crippen LogP contribution < -0.4 is 5.32 Å². The number of aliphatic imine (C=N–C) groups is 1. The van der Waals surface area contributed by atoms with Crippen molar-refractivity contribution in [1.82, 2.24) is 20.0 Å². The quantitative estimate of drug-likeness (QED) is 0.343. The lowest BCUT2D eigenvalue weighted by atomic mass is 10.1. The second-order valence-corrected chi connectivity index (χ2v) is 5.43. The summed E-state index contributed by atoms with van der Waals surface area (Å²) < 4.78 is 7.68. The summed E-state index contributed by atoms with van der Waals surface area (Å²) >= 11 is 0. The number of ether oxygens (including phenoxy) is 1. The van der Waals surface area contributed by atoms with Crippen molar-refractivity contribution in [3.63, 3.8) is 0 Å². The Bertz CT molecular complexity index is 463. The zero-order valence-corrected chi connectivity index (χ0v) is 16.1. The molecule has 0 bridgehead atoms. The molecule has 22 heavy (non-hydrogen) atoms. The van der Waals surface area contributed by atoms with Gasteiger partial charge in [0.05, 0.1) is 19.3 Å². The fraction of sp³-hybridized carbons (Fsp3) is 0.733. The summed E-state index contributed by atoms with van der Waals surface area (Å²) in [7, 11) is 3.77. The van der Waals surface area contributed by atoms with Gasteiger partial charge in [0.2, 0.25) is 0 Å². The van der Waals surface area contributed by atoms with Crippen LogP contribution in [-0.2, 0) is 11.8 Å². The lowest BCUT2D eigenvalue weighted by Crippen LogP contribution is -2.48. The maximum atomic E-state index is 5.87. The second-order valence-electron chi connectivity index (χ2n) is 5.43. The maximum Gasteiger partial charge on any atom is 0.193 e. The molecule has 1 aromatic heterocycles. The fourth-order valence-electron chi connectivity index (χ4n) is 2.56. The van der Waals surface area contributed by atoms with E-state index in [9.17, 15) is 0 Å². The highest BCUT2D eigenvalue weighted by molar-refractivity contribution is 14.0. The molecule has 0 aromatic carbocycles. The average molecular weight is 421 g/mol. The number of hydrogen-bond donors (Lipinski definition) is 1. The number of guanidine groups is 1. The van der Waals surface area contributed by atoms with Crippen molar-refractivity contribution < 1.29 is 4.74 Å². The zero-order chi connectivity index (χ0) is 15.1. The summed E-state index contributed by atoms with van der Waals surface area (Å²) in [5.41, 5.74) is 1.13. The van der Waals surface area contributed by atoms with E-state index in [2.05, 4.69) is 27.2 Å². The molecule has 2 heterocycles. The topological polar surface area (TPSA) is 54.7 Å². The first-order valence-electron chi connectivity index (χ1n) is 7.80. The molecule has 1 aromatic rings. The largest absolute Gasteiger partial charge is 0.370 e. The fourth-order valence-corrected chi connectivity index (χ4v) is 2.56. The zero-order valence-electron chi connectivity index (χ0n) is 13.8. The van der Waals surface area contributed by atoms with E-state index in [1.54, 1.807) is 0 Å². The van der Waals surface area contributed by atoms with Gasteiger partial charge < -0.3 is 15.0 Å². The highest BCUT2D eigenvalue weighted by Crippen LogP contribution is 2.21. The monoisotopic (exact) mass is 421 g/mol. The molecule has 0 saturated carbocycles. The lowest BCUT2D eigenvalue weighted by Gasteiger charge is -2.34. The van der Waals surface area contributed by atoms with E-state index in [4.69, 9.17) is 4.74 Å². The molecule has 1 saturated heterocycles. The minimum absolute atomic E-state index is 0. The van der Waals surface area contributed by atoms with Crippen molar-refractivity contribution in [3.8, 4) is 0 Å². The first-order chi connectivity index (χ1) is 10.2. The number of aromatic nitrogens is 2. The van der Waals surface area contributed by atoms with E-state index in [-0.39, 0.29) is 30.1 Å². The van der Waals surface area contributed by atoms with Crippen LogP contribution in [0.15, 0.2) is 17.4 Å². The minimum Gasteiger partial charge on any atom is -0.370 e. The van der Waals surface area contributed by atoms with Gasteiger partial charge in [0.1, 0.15) is 6.10 Å². The van der Waals surface area contributed by atoms with Crippen molar-refractivity contribution in [3.05, 3.63) is 18.0 Å². The Balaban J connectivity index is 0.00000242. The summed E-state index contributed by atoms with van der Waals surface area (Å²) in [6.07, 6.45) is 7.65. The van der Waals surface area contributed by atoms with Gasteiger partial charge in [-0.3, -0.25) is 9.67 Å². The summed E-state index contributed by atoms with van der Waals surface area (Å²) in [6, 6.07) is 0. The number of unbranched alkanes of at least 4 members (excludes halogenated alkanes) is 2. The summed E-state index contributed by atoms with van der Waals surface area (Å²) in [5.74, 6) is 0.975. The molecule has 126 valence electrons. The third-order valence-electron chi connectivity index (χ3n) is 3.74. The van der Waals surface area contributed by atoms with Gasteiger partial charge in [0.15, 0.2) is 5.96 Å². The molecule has 1 aliphatic rings. The van der Waals surface area contributed by atoms with Gasteiger partial charge in [0, 0.05) is 38.9 Å². The van der Waals surface area contributed by atoms with Crippen LogP contribution in [-0.4, -0.2) is 53.9 Å². The van der Waals surface area contributed by atoms with Crippen LogP contribution in [0.25, 0.3) is 0 Å². The average Bonchev–Trinajstić information content (AvgIpc) is 2.94. The number of hydrogen-bond acceptors (Lipinski definition) is 3. The van der Waals surface area contributed by atoms with Crippen LogP contribution in [0.3, 0.4) is 0 Å². The van der Waals surface area contributed by atoms with Gasteiger partial charge in [-0.2, -0.15) is 5.10 Å². The SMILES string of the molecule is CCCCCNC(=NC)N1CCOC(c2cnn(C)c2)C1.I. The number of aryl methyl sites for hydroxylation is 1. The molecule has 7 heteroatoms. The first kappa shape index (κ1) is 19.2. The predicted molar refractivity (Wildman–Crippen MR) is 99.8 cm³/mol. The van der Waals surface area contributed by atoms with E-state index >= 15 is 0 Å². The molecule has 1 atom stereocenters. The molecule has 0 amide bonds. The number of halogens is 1. The van der Waals surface area contributed by atoms with E-state index in [0.29, 0.717) is 0 Å². The third kappa shape index (κ3) is 5.42. The molecular weight excluding hydrogens is 393 g/mol. The van der Waals surface area contributed by atoms with Crippen molar-refractivity contribution in [1.29, 1.82) is 0 Å². The Morgan fingerprint density at radius 1 is 1.50 bits per heavy atom. The highest BCUT2D eigenvalue weighted by Gasteiger charge is 2.24. The molecule has 1 N–H and O–H groups in total. The van der Waals surface area contributed by atoms with E-state index in [1.165, 1.54) is 19.3 Å². The molecule has 2 rings (SSSR count). The van der Waals surface area contributed by atoms with Crippen molar-refractivity contribution in [2.75, 3.05) is 33.3 Å². The van der Waals surface area contributed by atoms with Gasteiger partial charge in [-0.05, 0) is 6.42 Å². The highest BCUT2D eigenvalue weighted by atomic mass is 127. The van der Waals surface area contributed by atoms with Crippen LogP contribution in [0.5, 0.6) is 0 Å². The van der Waals surface area contributed by atoms with Crippen molar-refractivity contribution in [2.24, 2.45) is 12.0 Å². The van der Waals surface area contributed by atoms with Crippen LogP contribution in [0, 0.1) is 0 Å². The van der Waals surface area contributed by atoms with Gasteiger partial charge >= 0.3 is 0 Å². The molecule has 0 spiro atoms. The van der Waals surface area contributed by atoms with Crippen LogP contribution >= 0.6 is 24.0 Å². The standard InChI is InChI=1S/C15H27N5O.HI/c1-4-5-6-7-17-15(16-2)20-8-9-21-14(12-20)13-10-18-19(3)11-13;/h10-11,14H,4-9,12H2,1-3H3,(H,16,17);1H. The Labute approximate surface area is 150 Å². The Morgan fingerprint density at radius 3 is 2.95 bits per heavy atom. The number of nitrogens with one attached hydrogen (secondary N) is 1. The molecule has 0 aliphatic carbocycles. The summed E-state index contributed by atoms with van der Waals surface area (Å²) in [4.78, 5) is 6.67. The molecule has 1 fully saturated rings. The van der Waals surface area contributed by atoms with E-state index < -0.39 is 0 Å². The minimum atomic E-state index is 0.